The Bertz CT molecular complexity index is 1150. The van der Waals surface area contributed by atoms with Crippen molar-refractivity contribution >= 4 is 16.9 Å². The van der Waals surface area contributed by atoms with Gasteiger partial charge in [0.25, 0.3) is 5.56 Å². The Balaban J connectivity index is 1.70. The molecule has 0 bridgehead atoms. The van der Waals surface area contributed by atoms with E-state index in [9.17, 15) is 22.8 Å². The predicted octanol–water partition coefficient (Wildman–Crippen LogP) is 3.99. The Labute approximate surface area is 189 Å². The number of carbonyl (C=O) groups excluding carboxylic acids is 1. The van der Waals surface area contributed by atoms with Crippen LogP contribution < -0.4 is 10.9 Å². The van der Waals surface area contributed by atoms with E-state index >= 15 is 0 Å². The minimum absolute atomic E-state index is 0.00413. The van der Waals surface area contributed by atoms with Crippen molar-refractivity contribution in [3.05, 3.63) is 58.3 Å². The summed E-state index contributed by atoms with van der Waals surface area (Å²) in [7, 11) is 0. The number of hydrogen-bond donors (Lipinski definition) is 1. The van der Waals surface area contributed by atoms with Crippen molar-refractivity contribution < 1.29 is 18.0 Å². The molecule has 7 nitrogen and oxygen atoms in total. The topological polar surface area (TPSA) is 81.8 Å². The molecule has 0 spiro atoms. The van der Waals surface area contributed by atoms with Gasteiger partial charge in [0.05, 0.1) is 24.8 Å². The van der Waals surface area contributed by atoms with Crippen molar-refractivity contribution in [3.8, 4) is 0 Å². The molecule has 1 aromatic carbocycles. The largest absolute Gasteiger partial charge is 0.416 e. The van der Waals surface area contributed by atoms with Crippen molar-refractivity contribution in [2.75, 3.05) is 6.54 Å². The number of hydrogen-bond acceptors (Lipinski definition) is 4. The number of carbonyl (C=O) groups is 1. The number of aromatic nitrogens is 4. The Morgan fingerprint density at radius 1 is 1.18 bits per heavy atom. The van der Waals surface area contributed by atoms with Gasteiger partial charge < -0.3 is 5.32 Å². The van der Waals surface area contributed by atoms with Crippen molar-refractivity contribution in [1.29, 1.82) is 0 Å². The number of nitrogens with zero attached hydrogens (tertiary/aromatic N) is 4. The summed E-state index contributed by atoms with van der Waals surface area (Å²) in [5.74, 6) is 0.0158. The highest BCUT2D eigenvalue weighted by molar-refractivity contribution is 5.78. The maximum absolute atomic E-state index is 13.0. The summed E-state index contributed by atoms with van der Waals surface area (Å²) in [4.78, 5) is 29.5. The van der Waals surface area contributed by atoms with E-state index in [-0.39, 0.29) is 23.8 Å². The molecule has 0 aliphatic carbocycles. The zero-order valence-electron chi connectivity index (χ0n) is 18.7. The lowest BCUT2D eigenvalue weighted by Crippen LogP contribution is -2.33. The first-order valence-electron chi connectivity index (χ1n) is 11.1. The van der Waals surface area contributed by atoms with Crippen LogP contribution in [0.25, 0.3) is 11.0 Å². The van der Waals surface area contributed by atoms with Gasteiger partial charge >= 0.3 is 6.18 Å². The van der Waals surface area contributed by atoms with E-state index in [1.165, 1.54) is 29.2 Å². The Kier molecular flexibility index (Phi) is 7.88. The fourth-order valence-electron chi connectivity index (χ4n) is 3.85. The summed E-state index contributed by atoms with van der Waals surface area (Å²) in [5.41, 5.74) is -0.444. The third kappa shape index (κ3) is 6.00. The fourth-order valence-corrected chi connectivity index (χ4v) is 3.85. The molecule has 2 heterocycles. The first-order valence-corrected chi connectivity index (χ1v) is 11.1. The van der Waals surface area contributed by atoms with Crippen LogP contribution in [0.5, 0.6) is 0 Å². The molecule has 0 aliphatic rings. The number of nitrogens with one attached hydrogen (secondary N) is 1. The summed E-state index contributed by atoms with van der Waals surface area (Å²) in [5, 5.41) is 7.40. The van der Waals surface area contributed by atoms with Crippen molar-refractivity contribution in [2.45, 2.75) is 58.8 Å². The van der Waals surface area contributed by atoms with E-state index < -0.39 is 17.3 Å². The molecule has 3 aromatic rings. The maximum atomic E-state index is 13.0. The predicted molar refractivity (Wildman–Crippen MR) is 119 cm³/mol. The van der Waals surface area contributed by atoms with Gasteiger partial charge in [-0.2, -0.15) is 18.3 Å². The Morgan fingerprint density at radius 2 is 1.91 bits per heavy atom. The lowest BCUT2D eigenvalue weighted by molar-refractivity contribution is -0.137. The van der Waals surface area contributed by atoms with Crippen LogP contribution in [0, 0.1) is 5.92 Å². The van der Waals surface area contributed by atoms with Crippen LogP contribution in [0.4, 0.5) is 13.2 Å². The SMILES string of the molecule is CCCC(CCC)C(=O)NCCn1ncc2c(=O)n(Cc3cccc(C(F)(F)F)c3)cnc21. The van der Waals surface area contributed by atoms with Crippen LogP contribution in [-0.4, -0.2) is 31.8 Å². The first kappa shape index (κ1) is 24.5. The van der Waals surface area contributed by atoms with Gasteiger partial charge in [-0.3, -0.25) is 14.2 Å². The fraction of sp³-hybridized carbons (Fsp3) is 0.478. The second-order valence-corrected chi connectivity index (χ2v) is 8.05. The molecule has 3 rings (SSSR count). The number of rotatable bonds is 10. The molecule has 0 radical (unpaired) electrons. The molecule has 0 fully saturated rings. The van der Waals surface area contributed by atoms with Crippen LogP contribution in [0.2, 0.25) is 0 Å². The number of amides is 1. The molecule has 0 atom stereocenters. The third-order valence-electron chi connectivity index (χ3n) is 5.50. The van der Waals surface area contributed by atoms with E-state index in [0.29, 0.717) is 24.3 Å². The van der Waals surface area contributed by atoms with Crippen molar-refractivity contribution in [2.24, 2.45) is 5.92 Å². The van der Waals surface area contributed by atoms with Crippen molar-refractivity contribution in [3.63, 3.8) is 0 Å². The van der Waals surface area contributed by atoms with E-state index in [4.69, 9.17) is 0 Å². The highest BCUT2D eigenvalue weighted by Crippen LogP contribution is 2.29. The third-order valence-corrected chi connectivity index (χ3v) is 5.50. The molecule has 0 unspecified atom stereocenters. The van der Waals surface area contributed by atoms with Gasteiger partial charge in [-0.15, -0.1) is 0 Å². The molecule has 10 heteroatoms. The molecule has 1 amide bonds. The lowest BCUT2D eigenvalue weighted by Gasteiger charge is -2.15. The molecule has 178 valence electrons. The van der Waals surface area contributed by atoms with Crippen LogP contribution in [0.3, 0.4) is 0 Å². The van der Waals surface area contributed by atoms with Gasteiger partial charge in [-0.25, -0.2) is 9.67 Å². The van der Waals surface area contributed by atoms with E-state index in [1.54, 1.807) is 4.68 Å². The molecule has 33 heavy (non-hydrogen) atoms. The minimum atomic E-state index is -4.45. The molecular formula is C23H28F3N5O2. The standard InChI is InChI=1S/C23H28F3N5O2/c1-3-6-17(7-4-2)21(32)27-10-11-31-20-19(13-29-31)22(33)30(15-28-20)14-16-8-5-9-18(12-16)23(24,25)26/h5,8-9,12-13,15,17H,3-4,6-7,10-11,14H2,1-2H3,(H,27,32). The normalized spacial score (nSPS) is 11.9. The number of fused-ring (bicyclic) bond motifs is 1. The van der Waals surface area contributed by atoms with Crippen LogP contribution >= 0.6 is 0 Å². The van der Waals surface area contributed by atoms with Crippen LogP contribution in [0.15, 0.2) is 41.6 Å². The van der Waals surface area contributed by atoms with Gasteiger partial charge in [-0.1, -0.05) is 38.8 Å². The summed E-state index contributed by atoms with van der Waals surface area (Å²) in [6.45, 7) is 4.77. The second-order valence-electron chi connectivity index (χ2n) is 8.05. The Hall–Kier alpha value is -3.17. The smallest absolute Gasteiger partial charge is 0.354 e. The molecular weight excluding hydrogens is 435 g/mol. The zero-order chi connectivity index (χ0) is 24.0. The summed E-state index contributed by atoms with van der Waals surface area (Å²) in [6, 6.07) is 4.85. The van der Waals surface area contributed by atoms with Gasteiger partial charge in [-0.05, 0) is 30.5 Å². The maximum Gasteiger partial charge on any atom is 0.416 e. The molecule has 0 saturated carbocycles. The van der Waals surface area contributed by atoms with E-state index in [2.05, 4.69) is 29.2 Å². The second kappa shape index (κ2) is 10.6. The highest BCUT2D eigenvalue weighted by Gasteiger charge is 2.30. The lowest BCUT2D eigenvalue weighted by atomic mass is 9.97. The van der Waals surface area contributed by atoms with Crippen LogP contribution in [0.1, 0.15) is 50.7 Å². The van der Waals surface area contributed by atoms with E-state index in [0.717, 1.165) is 37.8 Å². The summed E-state index contributed by atoms with van der Waals surface area (Å²) in [6.07, 6.45) is 1.82. The highest BCUT2D eigenvalue weighted by atomic mass is 19.4. The van der Waals surface area contributed by atoms with Gasteiger partial charge in [0.2, 0.25) is 5.91 Å². The van der Waals surface area contributed by atoms with Gasteiger partial charge in [0.15, 0.2) is 5.65 Å². The van der Waals surface area contributed by atoms with Gasteiger partial charge in [0, 0.05) is 12.5 Å². The molecule has 0 aliphatic heterocycles. The Morgan fingerprint density at radius 3 is 2.58 bits per heavy atom. The monoisotopic (exact) mass is 463 g/mol. The average molecular weight is 464 g/mol. The average Bonchev–Trinajstić information content (AvgIpc) is 3.19. The quantitative estimate of drug-likeness (QED) is 0.493. The van der Waals surface area contributed by atoms with Crippen LogP contribution in [-0.2, 0) is 24.1 Å². The van der Waals surface area contributed by atoms with Gasteiger partial charge in [0.1, 0.15) is 11.7 Å². The summed E-state index contributed by atoms with van der Waals surface area (Å²) < 4.78 is 41.7. The number of alkyl halides is 3. The zero-order valence-corrected chi connectivity index (χ0v) is 18.7. The molecule has 2 aromatic heterocycles. The molecule has 0 saturated heterocycles. The van der Waals surface area contributed by atoms with Crippen molar-refractivity contribution in [1.82, 2.24) is 24.6 Å². The number of benzene rings is 1. The number of halogens is 3. The molecule has 1 N–H and O–H groups in total. The summed E-state index contributed by atoms with van der Waals surface area (Å²) >= 11 is 0. The van der Waals surface area contributed by atoms with E-state index in [1.807, 2.05) is 0 Å². The minimum Gasteiger partial charge on any atom is -0.354 e. The first-order chi connectivity index (χ1) is 15.7.